The van der Waals surface area contributed by atoms with Crippen LogP contribution in [-0.2, 0) is 16.2 Å². The van der Waals surface area contributed by atoms with E-state index in [0.29, 0.717) is 5.69 Å². The molecule has 0 saturated carbocycles. The molecule has 30 heavy (non-hydrogen) atoms. The van der Waals surface area contributed by atoms with Gasteiger partial charge in [0.25, 0.3) is 0 Å². The normalized spacial score (nSPS) is 15.9. The van der Waals surface area contributed by atoms with Crippen molar-refractivity contribution in [2.45, 2.75) is 11.1 Å². The topological polar surface area (TPSA) is 59.1 Å². The quantitative estimate of drug-likeness (QED) is 0.672. The third-order valence-electron chi connectivity index (χ3n) is 4.83. The molecule has 0 amide bonds. The molecule has 0 aliphatic carbocycles. The first-order chi connectivity index (χ1) is 14.1. The van der Waals surface area contributed by atoms with Crippen LogP contribution in [0.3, 0.4) is 0 Å². The van der Waals surface area contributed by atoms with Crippen LogP contribution < -0.4 is 14.4 Å². The molecule has 2 aromatic carbocycles. The van der Waals surface area contributed by atoms with Gasteiger partial charge in [0.05, 0.1) is 24.8 Å². The summed E-state index contributed by atoms with van der Waals surface area (Å²) in [5.41, 5.74) is -0.347. The zero-order chi connectivity index (χ0) is 22.1. The smallest absolute Gasteiger partial charge is 0.416 e. The zero-order valence-corrected chi connectivity index (χ0v) is 17.8. The second-order valence-corrected chi connectivity index (χ2v) is 8.89. The number of rotatable bonds is 5. The van der Waals surface area contributed by atoms with Gasteiger partial charge in [-0.1, -0.05) is 17.7 Å². The molecule has 1 heterocycles. The predicted molar refractivity (Wildman–Crippen MR) is 107 cm³/mol. The maximum absolute atomic E-state index is 13.2. The van der Waals surface area contributed by atoms with E-state index in [1.165, 1.54) is 36.7 Å². The fourth-order valence-corrected chi connectivity index (χ4v) is 5.04. The maximum Gasteiger partial charge on any atom is 0.416 e. The van der Waals surface area contributed by atoms with Gasteiger partial charge >= 0.3 is 6.18 Å². The Balaban J connectivity index is 1.81. The number of methoxy groups -OCH3 is 2. The minimum atomic E-state index is -4.44. The second kappa shape index (κ2) is 8.52. The van der Waals surface area contributed by atoms with Crippen LogP contribution >= 0.6 is 11.6 Å². The van der Waals surface area contributed by atoms with Crippen LogP contribution in [0.5, 0.6) is 11.5 Å². The van der Waals surface area contributed by atoms with Crippen molar-refractivity contribution >= 4 is 27.3 Å². The number of ether oxygens (including phenoxy) is 2. The maximum atomic E-state index is 13.2. The van der Waals surface area contributed by atoms with Gasteiger partial charge in [0.1, 0.15) is 16.4 Å². The number of halogens is 4. The number of anilines is 1. The molecule has 11 heteroatoms. The van der Waals surface area contributed by atoms with Crippen molar-refractivity contribution in [3.05, 3.63) is 47.0 Å². The van der Waals surface area contributed by atoms with E-state index in [1.807, 2.05) is 0 Å². The molecule has 0 radical (unpaired) electrons. The van der Waals surface area contributed by atoms with Crippen LogP contribution in [0.2, 0.25) is 5.02 Å². The highest BCUT2D eigenvalue weighted by atomic mass is 35.5. The molecule has 1 fully saturated rings. The van der Waals surface area contributed by atoms with E-state index >= 15 is 0 Å². The van der Waals surface area contributed by atoms with E-state index in [-0.39, 0.29) is 47.6 Å². The van der Waals surface area contributed by atoms with E-state index in [0.717, 1.165) is 12.1 Å². The summed E-state index contributed by atoms with van der Waals surface area (Å²) in [6, 6.07) is 7.65. The number of hydrogen-bond donors (Lipinski definition) is 0. The number of hydrogen-bond acceptors (Lipinski definition) is 5. The van der Waals surface area contributed by atoms with Gasteiger partial charge in [0.2, 0.25) is 10.0 Å². The van der Waals surface area contributed by atoms with Crippen molar-refractivity contribution in [3.63, 3.8) is 0 Å². The summed E-state index contributed by atoms with van der Waals surface area (Å²) in [6.45, 7) is 0.695. The SMILES string of the molecule is COc1cc(S(=O)(=O)N2CCN(c3cccc(C(F)(F)F)c3)CC2)c(OC)cc1Cl. The van der Waals surface area contributed by atoms with E-state index in [9.17, 15) is 21.6 Å². The molecule has 1 aliphatic heterocycles. The Hall–Kier alpha value is -2.17. The van der Waals surface area contributed by atoms with Crippen LogP contribution in [0.1, 0.15) is 5.56 Å². The van der Waals surface area contributed by atoms with Gasteiger partial charge in [0.15, 0.2) is 0 Å². The minimum Gasteiger partial charge on any atom is -0.495 e. The molecule has 3 rings (SSSR count). The Bertz CT molecular complexity index is 1020. The molecule has 2 aromatic rings. The Kier molecular flexibility index (Phi) is 6.40. The molecule has 1 saturated heterocycles. The molecule has 6 nitrogen and oxygen atoms in total. The van der Waals surface area contributed by atoms with Gasteiger partial charge in [-0.3, -0.25) is 0 Å². The molecular formula is C19H20ClF3N2O4S. The van der Waals surface area contributed by atoms with Crippen LogP contribution in [0, 0.1) is 0 Å². The fourth-order valence-electron chi connectivity index (χ4n) is 3.24. The molecule has 0 bridgehead atoms. The van der Waals surface area contributed by atoms with Gasteiger partial charge in [-0.15, -0.1) is 0 Å². The molecule has 0 aromatic heterocycles. The molecular weight excluding hydrogens is 445 g/mol. The lowest BCUT2D eigenvalue weighted by atomic mass is 10.1. The first kappa shape index (κ1) is 22.5. The molecule has 0 spiro atoms. The summed E-state index contributed by atoms with van der Waals surface area (Å²) in [6.07, 6.45) is -4.44. The second-order valence-electron chi connectivity index (χ2n) is 6.58. The largest absolute Gasteiger partial charge is 0.495 e. The van der Waals surface area contributed by atoms with E-state index < -0.39 is 21.8 Å². The van der Waals surface area contributed by atoms with Gasteiger partial charge in [-0.25, -0.2) is 8.42 Å². The molecule has 0 atom stereocenters. The van der Waals surface area contributed by atoms with Crippen LogP contribution in [0.15, 0.2) is 41.3 Å². The average molecular weight is 465 g/mol. The lowest BCUT2D eigenvalue weighted by Gasteiger charge is -2.35. The Labute approximate surface area is 177 Å². The zero-order valence-electron chi connectivity index (χ0n) is 16.2. The number of piperazine rings is 1. The highest BCUT2D eigenvalue weighted by Crippen LogP contribution is 2.37. The summed E-state index contributed by atoms with van der Waals surface area (Å²) in [5, 5.41) is 0.211. The van der Waals surface area contributed by atoms with Gasteiger partial charge < -0.3 is 14.4 Å². The van der Waals surface area contributed by atoms with E-state index in [4.69, 9.17) is 21.1 Å². The Morgan fingerprint density at radius 1 is 0.967 bits per heavy atom. The third kappa shape index (κ3) is 4.45. The van der Waals surface area contributed by atoms with Crippen molar-refractivity contribution < 1.29 is 31.1 Å². The summed E-state index contributed by atoms with van der Waals surface area (Å²) >= 11 is 6.05. The van der Waals surface area contributed by atoms with Gasteiger partial charge in [-0.05, 0) is 18.2 Å². The van der Waals surface area contributed by atoms with Crippen molar-refractivity contribution in [1.29, 1.82) is 0 Å². The predicted octanol–water partition coefficient (Wildman–Crippen LogP) is 3.89. The summed E-state index contributed by atoms with van der Waals surface area (Å²) in [5.74, 6) is 0.278. The van der Waals surface area contributed by atoms with Gasteiger partial charge in [0, 0.05) is 44.0 Å². The molecule has 0 unspecified atom stereocenters. The first-order valence-electron chi connectivity index (χ1n) is 8.92. The van der Waals surface area contributed by atoms with Gasteiger partial charge in [-0.2, -0.15) is 17.5 Å². The van der Waals surface area contributed by atoms with Crippen molar-refractivity contribution in [3.8, 4) is 11.5 Å². The number of benzene rings is 2. The number of nitrogens with zero attached hydrogens (tertiary/aromatic N) is 2. The van der Waals surface area contributed by atoms with Crippen molar-refractivity contribution in [2.75, 3.05) is 45.3 Å². The van der Waals surface area contributed by atoms with Crippen LogP contribution in [0.25, 0.3) is 0 Å². The van der Waals surface area contributed by atoms with Crippen molar-refractivity contribution in [2.24, 2.45) is 0 Å². The lowest BCUT2D eigenvalue weighted by Crippen LogP contribution is -2.48. The summed E-state index contributed by atoms with van der Waals surface area (Å²) in [4.78, 5) is 1.64. The monoisotopic (exact) mass is 464 g/mol. The first-order valence-corrected chi connectivity index (χ1v) is 10.7. The van der Waals surface area contributed by atoms with Crippen molar-refractivity contribution in [1.82, 2.24) is 4.31 Å². The Morgan fingerprint density at radius 2 is 1.60 bits per heavy atom. The molecule has 1 aliphatic rings. The summed E-state index contributed by atoms with van der Waals surface area (Å²) < 4.78 is 76.8. The standard InChI is InChI=1S/C19H20ClF3N2O4S/c1-28-16-12-18(17(29-2)11-15(16)20)30(26,27)25-8-6-24(7-9-25)14-5-3-4-13(10-14)19(21,22)23/h3-5,10-12H,6-9H2,1-2H3. The minimum absolute atomic E-state index is 0.0844. The summed E-state index contributed by atoms with van der Waals surface area (Å²) in [7, 11) is -1.22. The Morgan fingerprint density at radius 3 is 2.17 bits per heavy atom. The van der Waals surface area contributed by atoms with Crippen LogP contribution in [-0.4, -0.2) is 53.1 Å². The molecule has 0 N–H and O–H groups in total. The van der Waals surface area contributed by atoms with E-state index in [2.05, 4.69) is 0 Å². The lowest BCUT2D eigenvalue weighted by molar-refractivity contribution is -0.137. The fraction of sp³-hybridized carbons (Fsp3) is 0.368. The molecule has 164 valence electrons. The number of sulfonamides is 1. The highest BCUT2D eigenvalue weighted by molar-refractivity contribution is 7.89. The van der Waals surface area contributed by atoms with Crippen LogP contribution in [0.4, 0.5) is 18.9 Å². The average Bonchev–Trinajstić information content (AvgIpc) is 2.73. The highest BCUT2D eigenvalue weighted by Gasteiger charge is 2.34. The van der Waals surface area contributed by atoms with E-state index in [1.54, 1.807) is 11.0 Å². The third-order valence-corrected chi connectivity index (χ3v) is 7.05. The number of alkyl halides is 3.